The van der Waals surface area contributed by atoms with Gasteiger partial charge in [0.1, 0.15) is 5.82 Å². The van der Waals surface area contributed by atoms with Crippen LogP contribution in [0.1, 0.15) is 32.3 Å². The fourth-order valence-corrected chi connectivity index (χ4v) is 3.16. The number of hydrogen-bond donors (Lipinski definition) is 1. The topological polar surface area (TPSA) is 53.9 Å². The molecule has 0 amide bonds. The molecule has 1 saturated heterocycles. The number of rotatable bonds is 5. The summed E-state index contributed by atoms with van der Waals surface area (Å²) in [5, 5.41) is 3.25. The van der Waals surface area contributed by atoms with E-state index in [2.05, 4.69) is 31.1 Å². The molecule has 1 fully saturated rings. The van der Waals surface area contributed by atoms with Gasteiger partial charge in [-0.1, -0.05) is 22.0 Å². The number of nitrogens with zero attached hydrogens (tertiary/aromatic N) is 2. The number of hydrogen-bond acceptors (Lipinski definition) is 3. The highest BCUT2D eigenvalue weighted by Crippen LogP contribution is 2.20. The highest BCUT2D eigenvalue weighted by Gasteiger charge is 2.27. The van der Waals surface area contributed by atoms with E-state index in [0.717, 1.165) is 38.4 Å². The van der Waals surface area contributed by atoms with Gasteiger partial charge in [0.05, 0.1) is 19.1 Å². The first-order chi connectivity index (χ1) is 12.0. The van der Waals surface area contributed by atoms with Crippen LogP contribution in [-0.4, -0.2) is 43.1 Å². The number of guanidine groups is 1. The summed E-state index contributed by atoms with van der Waals surface area (Å²) in [6, 6.07) is 4.99. The van der Waals surface area contributed by atoms with Crippen molar-refractivity contribution in [2.45, 2.75) is 33.2 Å². The molecule has 0 atom stereocenters. The Labute approximate surface area is 179 Å². The molecular weight excluding hydrogens is 516 g/mol. The van der Waals surface area contributed by atoms with Crippen molar-refractivity contribution in [1.82, 2.24) is 10.2 Å². The van der Waals surface area contributed by atoms with Gasteiger partial charge in [0.15, 0.2) is 5.96 Å². The first-order valence-corrected chi connectivity index (χ1v) is 9.48. The summed E-state index contributed by atoms with van der Waals surface area (Å²) >= 11 is 3.26. The lowest BCUT2D eigenvalue weighted by atomic mass is 9.97. The van der Waals surface area contributed by atoms with Crippen molar-refractivity contribution in [2.75, 3.05) is 26.2 Å². The second-order valence-electron chi connectivity index (χ2n) is 5.92. The van der Waals surface area contributed by atoms with Gasteiger partial charge in [-0.05, 0) is 38.8 Å². The van der Waals surface area contributed by atoms with E-state index < -0.39 is 0 Å². The number of benzene rings is 1. The summed E-state index contributed by atoms with van der Waals surface area (Å²) in [5.74, 6) is 0.339. The molecule has 1 heterocycles. The van der Waals surface area contributed by atoms with Gasteiger partial charge in [-0.15, -0.1) is 24.0 Å². The van der Waals surface area contributed by atoms with Crippen LogP contribution in [-0.2, 0) is 16.1 Å². The summed E-state index contributed by atoms with van der Waals surface area (Å²) in [6.07, 6.45) is 1.49. The molecule has 0 radical (unpaired) electrons. The molecule has 0 unspecified atom stereocenters. The van der Waals surface area contributed by atoms with Crippen molar-refractivity contribution in [1.29, 1.82) is 0 Å². The molecule has 0 aliphatic carbocycles. The number of aliphatic imine (C=N–C) groups is 1. The molecule has 26 heavy (non-hydrogen) atoms. The standard InChI is InChI=1S/C18H25BrFN3O2.HI/c1-3-21-18(22-12-14-5-6-15(19)11-16(14)20)23-9-7-13(8-10-23)17(24)25-4-2;/h5-6,11,13H,3-4,7-10,12H2,1-2H3,(H,21,22);1H. The number of ether oxygens (including phenoxy) is 1. The van der Waals surface area contributed by atoms with E-state index >= 15 is 0 Å². The van der Waals surface area contributed by atoms with Crippen LogP contribution in [0.4, 0.5) is 4.39 Å². The first kappa shape index (κ1) is 23.1. The third-order valence-corrected chi connectivity index (χ3v) is 4.66. The quantitative estimate of drug-likeness (QED) is 0.265. The fraction of sp³-hybridized carbons (Fsp3) is 0.556. The molecule has 1 aromatic carbocycles. The van der Waals surface area contributed by atoms with Gasteiger partial charge < -0.3 is 15.0 Å². The molecule has 0 bridgehead atoms. The summed E-state index contributed by atoms with van der Waals surface area (Å²) in [4.78, 5) is 18.5. The summed E-state index contributed by atoms with van der Waals surface area (Å²) in [7, 11) is 0. The normalized spacial score (nSPS) is 15.4. The second-order valence-corrected chi connectivity index (χ2v) is 6.83. The van der Waals surface area contributed by atoms with Gasteiger partial charge in [0.2, 0.25) is 0 Å². The van der Waals surface area contributed by atoms with Crippen LogP contribution in [0.5, 0.6) is 0 Å². The van der Waals surface area contributed by atoms with Crippen LogP contribution in [0.15, 0.2) is 27.7 Å². The molecule has 0 saturated carbocycles. The van der Waals surface area contributed by atoms with Crippen LogP contribution in [0, 0.1) is 11.7 Å². The van der Waals surface area contributed by atoms with Gasteiger partial charge in [0, 0.05) is 29.7 Å². The van der Waals surface area contributed by atoms with Crippen molar-refractivity contribution in [3.63, 3.8) is 0 Å². The van der Waals surface area contributed by atoms with Crippen molar-refractivity contribution >= 4 is 51.8 Å². The van der Waals surface area contributed by atoms with E-state index in [1.807, 2.05) is 19.9 Å². The summed E-state index contributed by atoms with van der Waals surface area (Å²) < 4.78 is 19.8. The molecule has 146 valence electrons. The number of carbonyl (C=O) groups is 1. The lowest BCUT2D eigenvalue weighted by molar-refractivity contribution is -0.149. The van der Waals surface area contributed by atoms with E-state index in [4.69, 9.17) is 4.74 Å². The third kappa shape index (κ3) is 6.68. The Bertz CT molecular complexity index is 622. The molecule has 1 aliphatic heterocycles. The van der Waals surface area contributed by atoms with Crippen molar-refractivity contribution in [3.05, 3.63) is 34.1 Å². The predicted molar refractivity (Wildman–Crippen MR) is 115 cm³/mol. The Morgan fingerprint density at radius 1 is 1.38 bits per heavy atom. The minimum atomic E-state index is -0.269. The van der Waals surface area contributed by atoms with Crippen LogP contribution < -0.4 is 5.32 Å². The maximum atomic E-state index is 14.0. The second kappa shape index (κ2) is 11.7. The third-order valence-electron chi connectivity index (χ3n) is 4.16. The Hall–Kier alpha value is -0.900. The smallest absolute Gasteiger partial charge is 0.309 e. The number of esters is 1. The Morgan fingerprint density at radius 2 is 2.08 bits per heavy atom. The highest BCUT2D eigenvalue weighted by molar-refractivity contribution is 14.0. The van der Waals surface area contributed by atoms with Gasteiger partial charge >= 0.3 is 5.97 Å². The zero-order valence-corrected chi connectivity index (χ0v) is 19.1. The van der Waals surface area contributed by atoms with Crippen LogP contribution >= 0.6 is 39.9 Å². The monoisotopic (exact) mass is 541 g/mol. The molecule has 1 N–H and O–H groups in total. The molecule has 5 nitrogen and oxygen atoms in total. The minimum Gasteiger partial charge on any atom is -0.466 e. The lowest BCUT2D eigenvalue weighted by Crippen LogP contribution is -2.46. The molecule has 2 rings (SSSR count). The summed E-state index contributed by atoms with van der Waals surface area (Å²) in [5.41, 5.74) is 0.556. The van der Waals surface area contributed by atoms with Crippen LogP contribution in [0.3, 0.4) is 0 Å². The van der Waals surface area contributed by atoms with E-state index in [1.54, 1.807) is 6.07 Å². The number of halogens is 3. The predicted octanol–water partition coefficient (Wildman–Crippen LogP) is 3.95. The maximum absolute atomic E-state index is 14.0. The first-order valence-electron chi connectivity index (χ1n) is 8.69. The molecule has 8 heteroatoms. The molecule has 1 aromatic rings. The van der Waals surface area contributed by atoms with Crippen molar-refractivity contribution in [3.8, 4) is 0 Å². The van der Waals surface area contributed by atoms with Crippen LogP contribution in [0.25, 0.3) is 0 Å². The highest BCUT2D eigenvalue weighted by atomic mass is 127. The zero-order chi connectivity index (χ0) is 18.2. The zero-order valence-electron chi connectivity index (χ0n) is 15.1. The average Bonchev–Trinajstić information content (AvgIpc) is 2.60. The molecule has 0 spiro atoms. The van der Waals surface area contributed by atoms with E-state index in [9.17, 15) is 9.18 Å². The van der Waals surface area contributed by atoms with E-state index in [1.165, 1.54) is 6.07 Å². The maximum Gasteiger partial charge on any atom is 0.309 e. The van der Waals surface area contributed by atoms with Gasteiger partial charge in [-0.2, -0.15) is 0 Å². The van der Waals surface area contributed by atoms with Crippen molar-refractivity contribution in [2.24, 2.45) is 10.9 Å². The largest absolute Gasteiger partial charge is 0.466 e. The summed E-state index contributed by atoms with van der Waals surface area (Å²) in [6.45, 7) is 6.72. The lowest BCUT2D eigenvalue weighted by Gasteiger charge is -2.33. The van der Waals surface area contributed by atoms with Gasteiger partial charge in [-0.3, -0.25) is 4.79 Å². The molecular formula is C18H26BrFIN3O2. The number of likely N-dealkylation sites (tertiary alicyclic amines) is 1. The number of nitrogens with one attached hydrogen (secondary N) is 1. The van der Waals surface area contributed by atoms with Crippen LogP contribution in [0.2, 0.25) is 0 Å². The van der Waals surface area contributed by atoms with Crippen molar-refractivity contribution < 1.29 is 13.9 Å². The Kier molecular flexibility index (Phi) is 10.4. The molecule has 0 aromatic heterocycles. The molecule has 1 aliphatic rings. The minimum absolute atomic E-state index is 0. The number of piperidine rings is 1. The van der Waals surface area contributed by atoms with E-state index in [0.29, 0.717) is 16.6 Å². The Morgan fingerprint density at radius 3 is 2.65 bits per heavy atom. The fourth-order valence-electron chi connectivity index (χ4n) is 2.82. The average molecular weight is 542 g/mol. The van der Waals surface area contributed by atoms with Gasteiger partial charge in [0.25, 0.3) is 0 Å². The van der Waals surface area contributed by atoms with Gasteiger partial charge in [-0.25, -0.2) is 9.38 Å². The Balaban J connectivity index is 0.00000338. The van der Waals surface area contributed by atoms with E-state index in [-0.39, 0.29) is 48.2 Å². The number of carbonyl (C=O) groups excluding carboxylic acids is 1. The SMILES string of the molecule is CCNC(=NCc1ccc(Br)cc1F)N1CCC(C(=O)OCC)CC1.I.